The SMILES string of the molecule is CN(C(=O)N1CCS(=O)(=O)CC1)c1ccc(-c2cccnc2)cc1. The fraction of sp³-hybridized carbons (Fsp3) is 0.294. The molecule has 0 spiro atoms. The summed E-state index contributed by atoms with van der Waals surface area (Å²) < 4.78 is 22.9. The molecule has 0 radical (unpaired) electrons. The minimum atomic E-state index is -2.99. The van der Waals surface area contributed by atoms with Gasteiger partial charge in [0.1, 0.15) is 0 Å². The number of nitrogens with zero attached hydrogens (tertiary/aromatic N) is 3. The lowest BCUT2D eigenvalue weighted by Gasteiger charge is -2.31. The minimum Gasteiger partial charge on any atom is -0.322 e. The van der Waals surface area contributed by atoms with Crippen molar-refractivity contribution in [3.63, 3.8) is 0 Å². The number of carbonyl (C=O) groups is 1. The monoisotopic (exact) mass is 345 g/mol. The molecule has 3 rings (SSSR count). The van der Waals surface area contributed by atoms with Gasteiger partial charge in [-0.3, -0.25) is 9.88 Å². The molecule has 0 saturated carbocycles. The van der Waals surface area contributed by atoms with Crippen LogP contribution in [0.1, 0.15) is 0 Å². The Morgan fingerprint density at radius 1 is 1.08 bits per heavy atom. The zero-order valence-corrected chi connectivity index (χ0v) is 14.2. The number of hydrogen-bond acceptors (Lipinski definition) is 4. The van der Waals surface area contributed by atoms with Gasteiger partial charge in [-0.15, -0.1) is 0 Å². The van der Waals surface area contributed by atoms with Crippen LogP contribution < -0.4 is 4.90 Å². The maximum Gasteiger partial charge on any atom is 0.324 e. The normalized spacial score (nSPS) is 16.6. The zero-order chi connectivity index (χ0) is 17.2. The highest BCUT2D eigenvalue weighted by atomic mass is 32.2. The summed E-state index contributed by atoms with van der Waals surface area (Å²) in [4.78, 5) is 19.7. The molecule has 1 fully saturated rings. The average Bonchev–Trinajstić information content (AvgIpc) is 2.61. The summed E-state index contributed by atoms with van der Waals surface area (Å²) in [6, 6.07) is 11.3. The molecule has 2 heterocycles. The summed E-state index contributed by atoms with van der Waals surface area (Å²) in [5.74, 6) is 0.0685. The van der Waals surface area contributed by atoms with Crippen molar-refractivity contribution < 1.29 is 13.2 Å². The molecular formula is C17H19N3O3S. The van der Waals surface area contributed by atoms with Crippen molar-refractivity contribution in [2.45, 2.75) is 0 Å². The van der Waals surface area contributed by atoms with E-state index in [0.717, 1.165) is 16.8 Å². The molecule has 2 amide bonds. The largest absolute Gasteiger partial charge is 0.324 e. The molecule has 0 unspecified atom stereocenters. The third-order valence-electron chi connectivity index (χ3n) is 4.15. The van der Waals surface area contributed by atoms with Crippen molar-refractivity contribution in [1.82, 2.24) is 9.88 Å². The van der Waals surface area contributed by atoms with Crippen LogP contribution in [0.5, 0.6) is 0 Å². The van der Waals surface area contributed by atoms with Crippen LogP contribution in [-0.2, 0) is 9.84 Å². The predicted molar refractivity (Wildman–Crippen MR) is 93.7 cm³/mol. The maximum absolute atomic E-state index is 12.5. The lowest BCUT2D eigenvalue weighted by Crippen LogP contribution is -2.48. The summed E-state index contributed by atoms with van der Waals surface area (Å²) in [6.07, 6.45) is 3.52. The van der Waals surface area contributed by atoms with Gasteiger partial charge in [0, 0.05) is 38.2 Å². The number of anilines is 1. The first-order chi connectivity index (χ1) is 11.5. The number of rotatable bonds is 2. The second-order valence-electron chi connectivity index (χ2n) is 5.77. The fourth-order valence-electron chi connectivity index (χ4n) is 2.64. The summed E-state index contributed by atoms with van der Waals surface area (Å²) >= 11 is 0. The third kappa shape index (κ3) is 3.56. The zero-order valence-electron chi connectivity index (χ0n) is 13.4. The molecule has 0 bridgehead atoms. The van der Waals surface area contributed by atoms with Crippen molar-refractivity contribution in [1.29, 1.82) is 0 Å². The quantitative estimate of drug-likeness (QED) is 0.835. The first-order valence-electron chi connectivity index (χ1n) is 7.70. The van der Waals surface area contributed by atoms with Gasteiger partial charge in [-0.2, -0.15) is 0 Å². The number of carbonyl (C=O) groups excluding carboxylic acids is 1. The summed E-state index contributed by atoms with van der Waals surface area (Å²) in [5.41, 5.74) is 2.80. The van der Waals surface area contributed by atoms with Gasteiger partial charge >= 0.3 is 6.03 Å². The van der Waals surface area contributed by atoms with E-state index in [1.807, 2.05) is 36.4 Å². The molecule has 0 N–H and O–H groups in total. The highest BCUT2D eigenvalue weighted by Gasteiger charge is 2.27. The number of aromatic nitrogens is 1. The van der Waals surface area contributed by atoms with Crippen LogP contribution in [-0.4, -0.2) is 56.0 Å². The Balaban J connectivity index is 1.71. The van der Waals surface area contributed by atoms with E-state index in [4.69, 9.17) is 0 Å². The first-order valence-corrected chi connectivity index (χ1v) is 9.52. The van der Waals surface area contributed by atoms with Gasteiger partial charge in [0.2, 0.25) is 0 Å². The highest BCUT2D eigenvalue weighted by Crippen LogP contribution is 2.22. The number of benzene rings is 1. The number of urea groups is 1. The molecule has 24 heavy (non-hydrogen) atoms. The lowest BCUT2D eigenvalue weighted by atomic mass is 10.1. The Hall–Kier alpha value is -2.41. The fourth-order valence-corrected chi connectivity index (χ4v) is 3.84. The summed E-state index contributed by atoms with van der Waals surface area (Å²) in [5, 5.41) is 0. The van der Waals surface area contributed by atoms with Crippen LogP contribution in [0.15, 0.2) is 48.8 Å². The number of sulfone groups is 1. The molecule has 1 aromatic heterocycles. The van der Waals surface area contributed by atoms with E-state index in [1.165, 1.54) is 0 Å². The molecule has 1 aromatic carbocycles. The van der Waals surface area contributed by atoms with Gasteiger partial charge in [0.05, 0.1) is 11.5 Å². The van der Waals surface area contributed by atoms with E-state index in [0.29, 0.717) is 0 Å². The highest BCUT2D eigenvalue weighted by molar-refractivity contribution is 7.91. The first kappa shape index (κ1) is 16.4. The van der Waals surface area contributed by atoms with Crippen LogP contribution in [0.4, 0.5) is 10.5 Å². The Kier molecular flexibility index (Phi) is 4.53. The molecule has 1 saturated heterocycles. The molecule has 1 aliphatic rings. The van der Waals surface area contributed by atoms with Gasteiger partial charge < -0.3 is 4.90 Å². The Morgan fingerprint density at radius 3 is 2.33 bits per heavy atom. The van der Waals surface area contributed by atoms with Crippen molar-refractivity contribution in [3.05, 3.63) is 48.8 Å². The van der Waals surface area contributed by atoms with Gasteiger partial charge in [0.25, 0.3) is 0 Å². The van der Waals surface area contributed by atoms with Gasteiger partial charge in [-0.25, -0.2) is 13.2 Å². The van der Waals surface area contributed by atoms with Crippen LogP contribution in [0.3, 0.4) is 0 Å². The minimum absolute atomic E-state index is 0.0343. The molecular weight excluding hydrogens is 326 g/mol. The topological polar surface area (TPSA) is 70.6 Å². The Morgan fingerprint density at radius 2 is 1.75 bits per heavy atom. The van der Waals surface area contributed by atoms with E-state index in [9.17, 15) is 13.2 Å². The van der Waals surface area contributed by atoms with Crippen molar-refractivity contribution in [3.8, 4) is 11.1 Å². The van der Waals surface area contributed by atoms with Crippen molar-refractivity contribution in [2.24, 2.45) is 0 Å². The van der Waals surface area contributed by atoms with Gasteiger partial charge in [0.15, 0.2) is 9.84 Å². The molecule has 2 aromatic rings. The molecule has 6 nitrogen and oxygen atoms in total. The van der Waals surface area contributed by atoms with E-state index in [2.05, 4.69) is 4.98 Å². The van der Waals surface area contributed by atoms with Crippen LogP contribution in [0.2, 0.25) is 0 Å². The molecule has 0 aliphatic carbocycles. The van der Waals surface area contributed by atoms with Gasteiger partial charge in [-0.05, 0) is 29.3 Å². The molecule has 0 atom stereocenters. The van der Waals surface area contributed by atoms with Crippen molar-refractivity contribution >= 4 is 21.6 Å². The molecule has 1 aliphatic heterocycles. The molecule has 7 heteroatoms. The second kappa shape index (κ2) is 6.60. The number of hydrogen-bond donors (Lipinski definition) is 0. The third-order valence-corrected chi connectivity index (χ3v) is 5.76. The maximum atomic E-state index is 12.5. The van der Waals surface area contributed by atoms with E-state index in [1.54, 1.807) is 29.2 Å². The lowest BCUT2D eigenvalue weighted by molar-refractivity contribution is 0.210. The van der Waals surface area contributed by atoms with Crippen LogP contribution in [0.25, 0.3) is 11.1 Å². The Labute approximate surface area is 141 Å². The average molecular weight is 345 g/mol. The Bertz CT molecular complexity index is 806. The molecule has 126 valence electrons. The van der Waals surface area contributed by atoms with Crippen LogP contribution in [0, 0.1) is 0 Å². The van der Waals surface area contributed by atoms with E-state index >= 15 is 0 Å². The van der Waals surface area contributed by atoms with Gasteiger partial charge in [-0.1, -0.05) is 18.2 Å². The van der Waals surface area contributed by atoms with Crippen LogP contribution >= 0.6 is 0 Å². The van der Waals surface area contributed by atoms with E-state index in [-0.39, 0.29) is 30.6 Å². The second-order valence-corrected chi connectivity index (χ2v) is 8.07. The summed E-state index contributed by atoms with van der Waals surface area (Å²) in [7, 11) is -1.30. The van der Waals surface area contributed by atoms with Crippen molar-refractivity contribution in [2.75, 3.05) is 36.5 Å². The number of amides is 2. The predicted octanol–water partition coefficient (Wildman–Crippen LogP) is 2.04. The number of pyridine rings is 1. The summed E-state index contributed by atoms with van der Waals surface area (Å²) in [6.45, 7) is 0.499. The van der Waals surface area contributed by atoms with E-state index < -0.39 is 9.84 Å². The standard InChI is InChI=1S/C17H19N3O3S/c1-19(17(21)20-9-11-24(22,23)12-10-20)16-6-4-14(5-7-16)15-3-2-8-18-13-15/h2-8,13H,9-12H2,1H3. The smallest absolute Gasteiger partial charge is 0.322 e.